The van der Waals surface area contributed by atoms with Crippen molar-refractivity contribution in [1.82, 2.24) is 0 Å². The van der Waals surface area contributed by atoms with Crippen LogP contribution < -0.4 is 14.8 Å². The number of alkyl halides is 3. The maximum absolute atomic E-state index is 12.9. The lowest BCUT2D eigenvalue weighted by Gasteiger charge is -2.13. The minimum Gasteiger partial charge on any atom is -0.482 e. The highest BCUT2D eigenvalue weighted by Crippen LogP contribution is 2.32. The van der Waals surface area contributed by atoms with Gasteiger partial charge in [0.1, 0.15) is 5.75 Å². The number of rotatable bonds is 7. The average molecular weight is 533 g/mol. The highest BCUT2D eigenvalue weighted by molar-refractivity contribution is 7.92. The number of carbonyl (C=O) groups excluding carboxylic acids is 1. The summed E-state index contributed by atoms with van der Waals surface area (Å²) in [6.07, 6.45) is -4.62. The number of carbonyl (C=O) groups is 1. The van der Waals surface area contributed by atoms with E-state index in [1.54, 1.807) is 25.1 Å². The molecule has 0 aromatic heterocycles. The van der Waals surface area contributed by atoms with Gasteiger partial charge in [-0.05, 0) is 61.0 Å². The summed E-state index contributed by atoms with van der Waals surface area (Å²) in [5.41, 5.74) is 0.0351. The van der Waals surface area contributed by atoms with Crippen LogP contribution in [0, 0.1) is 6.92 Å². The molecule has 0 radical (unpaired) electrons. The van der Waals surface area contributed by atoms with Gasteiger partial charge in [0.05, 0.1) is 15.5 Å². The van der Waals surface area contributed by atoms with E-state index in [9.17, 15) is 26.4 Å². The summed E-state index contributed by atoms with van der Waals surface area (Å²) >= 11 is 12.0. The van der Waals surface area contributed by atoms with Crippen LogP contribution in [0.15, 0.2) is 65.6 Å². The zero-order chi connectivity index (χ0) is 25.1. The van der Waals surface area contributed by atoms with Crippen molar-refractivity contribution >= 4 is 50.5 Å². The molecule has 0 bridgehead atoms. The number of nitrogens with one attached hydrogen (secondary N) is 2. The van der Waals surface area contributed by atoms with Crippen LogP contribution in [0.5, 0.6) is 5.75 Å². The molecule has 0 atom stereocenters. The monoisotopic (exact) mass is 532 g/mol. The van der Waals surface area contributed by atoms with E-state index < -0.39 is 34.3 Å². The van der Waals surface area contributed by atoms with Crippen LogP contribution in [0.3, 0.4) is 0 Å². The Balaban J connectivity index is 1.68. The number of anilines is 2. The highest BCUT2D eigenvalue weighted by Gasteiger charge is 2.30. The van der Waals surface area contributed by atoms with Crippen molar-refractivity contribution in [3.63, 3.8) is 0 Å². The summed E-state index contributed by atoms with van der Waals surface area (Å²) in [6, 6.07) is 12.2. The molecule has 0 spiro atoms. The second-order valence-corrected chi connectivity index (χ2v) is 9.60. The van der Waals surface area contributed by atoms with E-state index in [-0.39, 0.29) is 21.4 Å². The summed E-state index contributed by atoms with van der Waals surface area (Å²) < 4.78 is 71.2. The molecule has 0 unspecified atom stereocenters. The average Bonchev–Trinajstić information content (AvgIpc) is 2.74. The number of sulfonamides is 1. The molecule has 2 N–H and O–H groups in total. The summed E-state index contributed by atoms with van der Waals surface area (Å²) in [6.45, 7) is 1.37. The normalized spacial score (nSPS) is 11.7. The predicted octanol–water partition coefficient (Wildman–Crippen LogP) is 6.14. The highest BCUT2D eigenvalue weighted by atomic mass is 35.5. The third kappa shape index (κ3) is 6.55. The maximum Gasteiger partial charge on any atom is 0.416 e. The van der Waals surface area contributed by atoms with Gasteiger partial charge in [-0.2, -0.15) is 13.2 Å². The Labute approximate surface area is 203 Å². The topological polar surface area (TPSA) is 84.5 Å². The molecule has 6 nitrogen and oxygen atoms in total. The summed E-state index contributed by atoms with van der Waals surface area (Å²) in [5.74, 6) is -0.456. The Morgan fingerprint density at radius 2 is 1.76 bits per heavy atom. The third-order valence-corrected chi connectivity index (χ3v) is 6.40. The van der Waals surface area contributed by atoms with Gasteiger partial charge < -0.3 is 10.1 Å². The van der Waals surface area contributed by atoms with E-state index in [1.807, 2.05) is 0 Å². The first-order valence-electron chi connectivity index (χ1n) is 9.53. The van der Waals surface area contributed by atoms with Crippen LogP contribution in [0.4, 0.5) is 24.5 Å². The fourth-order valence-corrected chi connectivity index (χ4v) is 4.34. The van der Waals surface area contributed by atoms with Crippen molar-refractivity contribution in [3.05, 3.63) is 81.8 Å². The van der Waals surface area contributed by atoms with E-state index in [0.29, 0.717) is 16.8 Å². The van der Waals surface area contributed by atoms with Gasteiger partial charge in [-0.1, -0.05) is 35.3 Å². The Kier molecular flexibility index (Phi) is 7.64. The van der Waals surface area contributed by atoms with E-state index in [0.717, 1.165) is 29.8 Å². The van der Waals surface area contributed by atoms with Crippen molar-refractivity contribution in [2.75, 3.05) is 16.6 Å². The fourth-order valence-electron chi connectivity index (χ4n) is 2.80. The molecule has 1 amide bonds. The molecule has 34 heavy (non-hydrogen) atoms. The number of halogens is 5. The van der Waals surface area contributed by atoms with Crippen LogP contribution in [0.1, 0.15) is 11.1 Å². The van der Waals surface area contributed by atoms with Gasteiger partial charge in [-0.15, -0.1) is 0 Å². The molecule has 12 heteroatoms. The number of hydrogen-bond donors (Lipinski definition) is 2. The smallest absolute Gasteiger partial charge is 0.416 e. The zero-order valence-electron chi connectivity index (χ0n) is 17.4. The Morgan fingerprint density at radius 1 is 1.03 bits per heavy atom. The molecule has 0 fully saturated rings. The second-order valence-electron chi connectivity index (χ2n) is 7.07. The van der Waals surface area contributed by atoms with E-state index in [2.05, 4.69) is 10.0 Å². The maximum atomic E-state index is 12.9. The SMILES string of the molecule is Cc1ccc(Cl)cc1NC(=O)COc1ccc(S(=O)(=O)Nc2cccc(C(F)(F)F)c2)cc1Cl. The quantitative estimate of drug-likeness (QED) is 0.382. The molecule has 0 saturated heterocycles. The molecule has 180 valence electrons. The molecule has 3 aromatic rings. The Hall–Kier alpha value is -2.95. The molecule has 0 saturated carbocycles. The molecule has 0 heterocycles. The summed E-state index contributed by atoms with van der Waals surface area (Å²) in [5, 5.41) is 2.97. The van der Waals surface area contributed by atoms with Crippen LogP contribution in [-0.2, 0) is 21.0 Å². The summed E-state index contributed by atoms with van der Waals surface area (Å²) in [4.78, 5) is 11.9. The fraction of sp³-hybridized carbons (Fsp3) is 0.136. The number of hydrogen-bond acceptors (Lipinski definition) is 4. The predicted molar refractivity (Wildman–Crippen MR) is 124 cm³/mol. The van der Waals surface area contributed by atoms with Gasteiger partial charge in [-0.25, -0.2) is 8.42 Å². The Bertz CT molecular complexity index is 1330. The van der Waals surface area contributed by atoms with Crippen molar-refractivity contribution < 1.29 is 31.1 Å². The minimum absolute atomic E-state index is 0.0395. The van der Waals surface area contributed by atoms with Gasteiger partial charge in [0.15, 0.2) is 6.61 Å². The number of ether oxygens (including phenoxy) is 1. The number of amides is 1. The lowest BCUT2D eigenvalue weighted by atomic mass is 10.2. The van der Waals surface area contributed by atoms with Gasteiger partial charge in [0.2, 0.25) is 0 Å². The van der Waals surface area contributed by atoms with Gasteiger partial charge in [0.25, 0.3) is 15.9 Å². The Morgan fingerprint density at radius 3 is 2.44 bits per heavy atom. The zero-order valence-corrected chi connectivity index (χ0v) is 19.7. The number of aryl methyl sites for hydroxylation is 1. The molecule has 0 aliphatic heterocycles. The molecular formula is C22H17Cl2F3N2O4S. The van der Waals surface area contributed by atoms with Crippen molar-refractivity contribution in [2.24, 2.45) is 0 Å². The summed E-state index contributed by atoms with van der Waals surface area (Å²) in [7, 11) is -4.24. The molecular weight excluding hydrogens is 516 g/mol. The minimum atomic E-state index is -4.62. The van der Waals surface area contributed by atoms with Gasteiger partial charge in [0, 0.05) is 16.4 Å². The number of benzene rings is 3. The van der Waals surface area contributed by atoms with Crippen LogP contribution >= 0.6 is 23.2 Å². The first kappa shape index (κ1) is 25.7. The molecule has 0 aliphatic carbocycles. The van der Waals surface area contributed by atoms with E-state index in [1.165, 1.54) is 12.1 Å². The van der Waals surface area contributed by atoms with Crippen LogP contribution in [-0.4, -0.2) is 20.9 Å². The lowest BCUT2D eigenvalue weighted by Crippen LogP contribution is -2.21. The molecule has 3 aromatic carbocycles. The van der Waals surface area contributed by atoms with Crippen LogP contribution in [0.2, 0.25) is 10.0 Å². The van der Waals surface area contributed by atoms with E-state index in [4.69, 9.17) is 27.9 Å². The third-order valence-electron chi connectivity index (χ3n) is 4.49. The molecule has 3 rings (SSSR count). The van der Waals surface area contributed by atoms with Gasteiger partial charge in [-0.3, -0.25) is 9.52 Å². The van der Waals surface area contributed by atoms with Crippen molar-refractivity contribution in [2.45, 2.75) is 18.0 Å². The molecule has 0 aliphatic rings. The van der Waals surface area contributed by atoms with Crippen molar-refractivity contribution in [1.29, 1.82) is 0 Å². The largest absolute Gasteiger partial charge is 0.482 e. The lowest BCUT2D eigenvalue weighted by molar-refractivity contribution is -0.137. The first-order valence-corrected chi connectivity index (χ1v) is 11.8. The van der Waals surface area contributed by atoms with E-state index >= 15 is 0 Å². The standard InChI is InChI=1S/C22H17Cl2F3N2O4S/c1-13-5-6-15(23)10-19(13)28-21(30)12-33-20-8-7-17(11-18(20)24)34(31,32)29-16-4-2-3-14(9-16)22(25,26)27/h2-11,29H,12H2,1H3,(H,28,30). The second kappa shape index (κ2) is 10.1. The van der Waals surface area contributed by atoms with Crippen LogP contribution in [0.25, 0.3) is 0 Å². The first-order chi connectivity index (χ1) is 15.8. The van der Waals surface area contributed by atoms with Gasteiger partial charge >= 0.3 is 6.18 Å². The van der Waals surface area contributed by atoms with Crippen molar-refractivity contribution in [3.8, 4) is 5.75 Å².